The van der Waals surface area contributed by atoms with Gasteiger partial charge in [0.2, 0.25) is 11.8 Å². The number of methoxy groups -OCH3 is 1. The summed E-state index contributed by atoms with van der Waals surface area (Å²) in [6.07, 6.45) is 0.150. The molecule has 0 radical (unpaired) electrons. The van der Waals surface area contributed by atoms with Gasteiger partial charge in [-0.25, -0.2) is 12.8 Å². The highest BCUT2D eigenvalue weighted by atomic mass is 35.5. The molecule has 11 heteroatoms. The maximum atomic E-state index is 14.5. The molecule has 1 unspecified atom stereocenters. The lowest BCUT2D eigenvalue weighted by Gasteiger charge is -2.34. The molecule has 242 valence electrons. The maximum Gasteiger partial charge on any atom is 0.264 e. The fourth-order valence-corrected chi connectivity index (χ4v) is 6.51. The first-order chi connectivity index (χ1) is 21.9. The zero-order valence-electron chi connectivity index (χ0n) is 26.1. The Morgan fingerprint density at radius 2 is 1.57 bits per heavy atom. The maximum absolute atomic E-state index is 14.5. The van der Waals surface area contributed by atoms with Crippen molar-refractivity contribution in [2.75, 3.05) is 18.0 Å². The fourth-order valence-electron chi connectivity index (χ4n) is 4.93. The zero-order valence-corrected chi connectivity index (χ0v) is 27.7. The minimum atomic E-state index is -4.35. The third kappa shape index (κ3) is 8.64. The molecular weight excluding hydrogens is 629 g/mol. The monoisotopic (exact) mass is 665 g/mol. The van der Waals surface area contributed by atoms with Crippen LogP contribution in [-0.4, -0.2) is 50.9 Å². The van der Waals surface area contributed by atoms with E-state index in [4.69, 9.17) is 16.3 Å². The highest BCUT2D eigenvalue weighted by Crippen LogP contribution is 2.35. The summed E-state index contributed by atoms with van der Waals surface area (Å²) >= 11 is 6.33. The largest absolute Gasteiger partial charge is 0.495 e. The van der Waals surface area contributed by atoms with Crippen molar-refractivity contribution in [1.82, 2.24) is 10.2 Å². The topological polar surface area (TPSA) is 96.0 Å². The molecular formula is C35H37ClFN3O5S. The summed E-state index contributed by atoms with van der Waals surface area (Å²) in [5.41, 5.74) is 2.26. The van der Waals surface area contributed by atoms with Crippen LogP contribution in [0.4, 0.5) is 10.1 Å². The summed E-state index contributed by atoms with van der Waals surface area (Å²) in [6.45, 7) is 4.68. The summed E-state index contributed by atoms with van der Waals surface area (Å²) in [6, 6.07) is 24.3. The Kier molecular flexibility index (Phi) is 11.4. The standard InChI is InChI=1S/C35H37ClFN3O5S/c1-24(2)38-35(42)32(20-26-8-6-5-7-9-26)39(22-27-12-15-29(37)16-13-27)34(41)23-40(31-21-28(36)14-19-33(31)45-4)46(43,44)30-17-10-25(3)11-18-30/h5-19,21,24,32H,20,22-23H2,1-4H3,(H,38,42). The SMILES string of the molecule is COc1ccc(Cl)cc1N(CC(=O)N(Cc1ccc(F)cc1)C(Cc1ccccc1)C(=O)NC(C)C)S(=O)(=O)c1ccc(C)cc1. The van der Waals surface area contributed by atoms with E-state index in [1.54, 1.807) is 18.2 Å². The number of hydrogen-bond donors (Lipinski definition) is 1. The average molecular weight is 666 g/mol. The Balaban J connectivity index is 1.85. The van der Waals surface area contributed by atoms with E-state index < -0.39 is 40.2 Å². The number of ether oxygens (including phenoxy) is 1. The fraction of sp³-hybridized carbons (Fsp3) is 0.257. The van der Waals surface area contributed by atoms with Crippen molar-refractivity contribution in [1.29, 1.82) is 0 Å². The number of nitrogens with one attached hydrogen (secondary N) is 1. The second-order valence-corrected chi connectivity index (χ2v) is 13.5. The smallest absolute Gasteiger partial charge is 0.264 e. The van der Waals surface area contributed by atoms with Gasteiger partial charge in [0.1, 0.15) is 24.2 Å². The predicted molar refractivity (Wildman–Crippen MR) is 178 cm³/mol. The van der Waals surface area contributed by atoms with Crippen LogP contribution < -0.4 is 14.4 Å². The highest BCUT2D eigenvalue weighted by Gasteiger charge is 2.36. The van der Waals surface area contributed by atoms with Crippen LogP contribution in [0.5, 0.6) is 5.75 Å². The van der Waals surface area contributed by atoms with Crippen LogP contribution in [0.1, 0.15) is 30.5 Å². The van der Waals surface area contributed by atoms with Crippen LogP contribution in [0.15, 0.2) is 102 Å². The Hall–Kier alpha value is -4.41. The normalized spacial score (nSPS) is 12.0. The zero-order chi connectivity index (χ0) is 33.4. The van der Waals surface area contributed by atoms with Crippen molar-refractivity contribution >= 4 is 39.1 Å². The minimum Gasteiger partial charge on any atom is -0.495 e. The van der Waals surface area contributed by atoms with Gasteiger partial charge in [0.15, 0.2) is 0 Å². The Morgan fingerprint density at radius 3 is 2.17 bits per heavy atom. The van der Waals surface area contributed by atoms with Gasteiger partial charge < -0.3 is 15.0 Å². The van der Waals surface area contributed by atoms with Gasteiger partial charge in [0.25, 0.3) is 10.0 Å². The van der Waals surface area contributed by atoms with Gasteiger partial charge in [0, 0.05) is 24.0 Å². The van der Waals surface area contributed by atoms with E-state index in [0.717, 1.165) is 15.4 Å². The van der Waals surface area contributed by atoms with E-state index in [1.165, 1.54) is 60.5 Å². The van der Waals surface area contributed by atoms with Crippen molar-refractivity contribution in [3.8, 4) is 5.75 Å². The molecule has 0 aromatic heterocycles. The molecule has 0 aliphatic heterocycles. The number of anilines is 1. The second kappa shape index (κ2) is 15.2. The van der Waals surface area contributed by atoms with E-state index in [1.807, 2.05) is 51.1 Å². The molecule has 0 heterocycles. The first-order valence-corrected chi connectivity index (χ1v) is 16.5. The van der Waals surface area contributed by atoms with Gasteiger partial charge >= 0.3 is 0 Å². The van der Waals surface area contributed by atoms with Gasteiger partial charge in [-0.2, -0.15) is 0 Å². The van der Waals surface area contributed by atoms with Crippen LogP contribution >= 0.6 is 11.6 Å². The van der Waals surface area contributed by atoms with Crippen LogP contribution in [0.3, 0.4) is 0 Å². The van der Waals surface area contributed by atoms with Crippen molar-refractivity contribution in [2.45, 2.75) is 50.7 Å². The molecule has 0 saturated heterocycles. The molecule has 0 aliphatic rings. The lowest BCUT2D eigenvalue weighted by molar-refractivity contribution is -0.140. The molecule has 8 nitrogen and oxygen atoms in total. The first kappa shape index (κ1) is 34.5. The van der Waals surface area contributed by atoms with Crippen molar-refractivity contribution in [3.05, 3.63) is 125 Å². The van der Waals surface area contributed by atoms with Crippen LogP contribution in [0.2, 0.25) is 5.02 Å². The molecule has 1 atom stereocenters. The number of sulfonamides is 1. The van der Waals surface area contributed by atoms with Crippen molar-refractivity contribution < 1.29 is 27.1 Å². The van der Waals surface area contributed by atoms with Crippen LogP contribution in [0.25, 0.3) is 0 Å². The number of benzene rings is 4. The summed E-state index contributed by atoms with van der Waals surface area (Å²) in [5.74, 6) is -1.36. The Morgan fingerprint density at radius 1 is 0.913 bits per heavy atom. The molecule has 0 spiro atoms. The van der Waals surface area contributed by atoms with Gasteiger partial charge in [-0.1, -0.05) is 71.8 Å². The first-order valence-electron chi connectivity index (χ1n) is 14.7. The molecule has 0 aliphatic carbocycles. The molecule has 0 fully saturated rings. The van der Waals surface area contributed by atoms with Crippen molar-refractivity contribution in [2.24, 2.45) is 0 Å². The molecule has 0 saturated carbocycles. The summed E-state index contributed by atoms with van der Waals surface area (Å²) < 4.78 is 48.8. The van der Waals surface area contributed by atoms with Gasteiger partial charge in [-0.3, -0.25) is 13.9 Å². The van der Waals surface area contributed by atoms with Crippen LogP contribution in [0, 0.1) is 12.7 Å². The third-order valence-electron chi connectivity index (χ3n) is 7.27. The molecule has 4 aromatic carbocycles. The highest BCUT2D eigenvalue weighted by molar-refractivity contribution is 7.92. The number of hydrogen-bond acceptors (Lipinski definition) is 5. The number of carbonyl (C=O) groups is 2. The van der Waals surface area contributed by atoms with E-state index in [0.29, 0.717) is 5.56 Å². The quantitative estimate of drug-likeness (QED) is 0.185. The number of carbonyl (C=O) groups excluding carboxylic acids is 2. The van der Waals surface area contributed by atoms with Crippen LogP contribution in [-0.2, 0) is 32.6 Å². The molecule has 0 bridgehead atoms. The Bertz CT molecular complexity index is 1750. The van der Waals surface area contributed by atoms with E-state index in [9.17, 15) is 22.4 Å². The van der Waals surface area contributed by atoms with E-state index in [2.05, 4.69) is 5.32 Å². The third-order valence-corrected chi connectivity index (χ3v) is 9.27. The van der Waals surface area contributed by atoms with Gasteiger partial charge in [-0.05, 0) is 74.4 Å². The number of nitrogens with zero attached hydrogens (tertiary/aromatic N) is 2. The summed E-state index contributed by atoms with van der Waals surface area (Å²) in [5, 5.41) is 3.13. The van der Waals surface area contributed by atoms with E-state index in [-0.39, 0.29) is 40.4 Å². The molecule has 1 N–H and O–H groups in total. The molecule has 2 amide bonds. The predicted octanol–water partition coefficient (Wildman–Crippen LogP) is 6.16. The van der Waals surface area contributed by atoms with E-state index >= 15 is 0 Å². The number of rotatable bonds is 13. The summed E-state index contributed by atoms with van der Waals surface area (Å²) in [7, 11) is -2.97. The second-order valence-electron chi connectivity index (χ2n) is 11.2. The summed E-state index contributed by atoms with van der Waals surface area (Å²) in [4.78, 5) is 29.6. The molecule has 4 aromatic rings. The van der Waals surface area contributed by atoms with Gasteiger partial charge in [-0.15, -0.1) is 0 Å². The minimum absolute atomic E-state index is 0.0450. The number of aryl methyl sites for hydroxylation is 1. The van der Waals surface area contributed by atoms with Gasteiger partial charge in [0.05, 0.1) is 17.7 Å². The average Bonchev–Trinajstić information content (AvgIpc) is 3.02. The lowest BCUT2D eigenvalue weighted by atomic mass is 10.0. The number of halogens is 2. The lowest BCUT2D eigenvalue weighted by Crippen LogP contribution is -2.54. The number of amides is 2. The molecule has 46 heavy (non-hydrogen) atoms. The molecule has 4 rings (SSSR count). The Labute approximate surface area is 274 Å². The van der Waals surface area contributed by atoms with Crippen molar-refractivity contribution in [3.63, 3.8) is 0 Å².